The van der Waals surface area contributed by atoms with E-state index in [9.17, 15) is 4.79 Å². The van der Waals surface area contributed by atoms with Crippen molar-refractivity contribution in [3.63, 3.8) is 0 Å². The maximum Gasteiger partial charge on any atom is 0.255 e. The number of aromatic nitrogens is 1. The number of carbonyl (C=O) groups is 1. The summed E-state index contributed by atoms with van der Waals surface area (Å²) < 4.78 is 11.3. The van der Waals surface area contributed by atoms with Crippen molar-refractivity contribution in [1.82, 2.24) is 4.98 Å². The molecule has 0 radical (unpaired) electrons. The van der Waals surface area contributed by atoms with Gasteiger partial charge in [-0.3, -0.25) is 4.79 Å². The lowest BCUT2D eigenvalue weighted by molar-refractivity contribution is 0.102. The summed E-state index contributed by atoms with van der Waals surface area (Å²) >= 11 is 0. The predicted molar refractivity (Wildman–Crippen MR) is 115 cm³/mol. The number of hydrogen-bond acceptors (Lipinski definition) is 4. The first kappa shape index (κ1) is 18.7. The number of amides is 1. The average molecular weight is 386 g/mol. The predicted octanol–water partition coefficient (Wildman–Crippen LogP) is 5.68. The number of carbonyl (C=O) groups excluding carboxylic acids is 1. The highest BCUT2D eigenvalue weighted by Gasteiger charge is 2.16. The van der Waals surface area contributed by atoms with Crippen LogP contribution in [0.15, 0.2) is 59.0 Å². The van der Waals surface area contributed by atoms with Crippen molar-refractivity contribution in [1.29, 1.82) is 0 Å². The zero-order valence-corrected chi connectivity index (χ0v) is 16.9. The van der Waals surface area contributed by atoms with Gasteiger partial charge in [0.2, 0.25) is 5.89 Å². The monoisotopic (exact) mass is 386 g/mol. The Morgan fingerprint density at radius 1 is 1.03 bits per heavy atom. The number of rotatable bonds is 4. The average Bonchev–Trinajstić information content (AvgIpc) is 3.13. The van der Waals surface area contributed by atoms with E-state index >= 15 is 0 Å². The Balaban J connectivity index is 1.69. The van der Waals surface area contributed by atoms with Gasteiger partial charge in [-0.1, -0.05) is 18.2 Å². The van der Waals surface area contributed by atoms with Gasteiger partial charge in [0, 0.05) is 16.8 Å². The molecule has 0 saturated heterocycles. The summed E-state index contributed by atoms with van der Waals surface area (Å²) in [5, 5.41) is 2.98. The fourth-order valence-corrected chi connectivity index (χ4v) is 3.45. The summed E-state index contributed by atoms with van der Waals surface area (Å²) in [5.41, 5.74) is 6.81. The fourth-order valence-electron chi connectivity index (χ4n) is 3.45. The molecule has 1 aromatic heterocycles. The van der Waals surface area contributed by atoms with Crippen LogP contribution in [0.2, 0.25) is 0 Å². The Labute approximate surface area is 169 Å². The van der Waals surface area contributed by atoms with Crippen molar-refractivity contribution in [2.24, 2.45) is 0 Å². The highest BCUT2D eigenvalue weighted by atomic mass is 16.5. The lowest BCUT2D eigenvalue weighted by Gasteiger charge is -2.11. The fraction of sp³-hybridized carbons (Fsp3) is 0.167. The SMILES string of the molecule is COc1cccc(C(=O)Nc2cccc(-c3nc4cc(C)cc(C)c4o3)c2C)c1. The number of methoxy groups -OCH3 is 1. The summed E-state index contributed by atoms with van der Waals surface area (Å²) in [4.78, 5) is 17.4. The van der Waals surface area contributed by atoms with Crippen LogP contribution in [-0.4, -0.2) is 18.0 Å². The summed E-state index contributed by atoms with van der Waals surface area (Å²) in [5.74, 6) is 0.983. The van der Waals surface area contributed by atoms with Crippen molar-refractivity contribution in [3.05, 3.63) is 76.9 Å². The zero-order chi connectivity index (χ0) is 20.5. The van der Waals surface area contributed by atoms with Crippen LogP contribution in [0, 0.1) is 20.8 Å². The molecule has 1 heterocycles. The van der Waals surface area contributed by atoms with Gasteiger partial charge in [-0.25, -0.2) is 4.98 Å². The second-order valence-electron chi connectivity index (χ2n) is 7.11. The third kappa shape index (κ3) is 3.59. The van der Waals surface area contributed by atoms with Gasteiger partial charge in [-0.15, -0.1) is 0 Å². The van der Waals surface area contributed by atoms with E-state index in [2.05, 4.69) is 16.4 Å². The summed E-state index contributed by atoms with van der Waals surface area (Å²) in [6, 6.07) is 16.9. The molecule has 1 N–H and O–H groups in total. The summed E-state index contributed by atoms with van der Waals surface area (Å²) in [6.07, 6.45) is 0. The van der Waals surface area contributed by atoms with E-state index in [1.165, 1.54) is 0 Å². The molecule has 3 aromatic carbocycles. The number of oxazole rings is 1. The minimum atomic E-state index is -0.201. The van der Waals surface area contributed by atoms with Gasteiger partial charge in [0.15, 0.2) is 5.58 Å². The van der Waals surface area contributed by atoms with Gasteiger partial charge < -0.3 is 14.5 Å². The van der Waals surface area contributed by atoms with Crippen molar-refractivity contribution in [2.45, 2.75) is 20.8 Å². The molecule has 0 aliphatic carbocycles. The molecule has 0 aliphatic heterocycles. The Hall–Kier alpha value is -3.60. The number of anilines is 1. The molecule has 0 bridgehead atoms. The van der Waals surface area contributed by atoms with Gasteiger partial charge in [-0.05, 0) is 73.9 Å². The van der Waals surface area contributed by atoms with Gasteiger partial charge in [0.1, 0.15) is 11.3 Å². The minimum Gasteiger partial charge on any atom is -0.497 e. The van der Waals surface area contributed by atoms with Crippen LogP contribution in [0.4, 0.5) is 5.69 Å². The molecule has 0 fully saturated rings. The number of fused-ring (bicyclic) bond motifs is 1. The Kier molecular flexibility index (Phi) is 4.80. The second kappa shape index (κ2) is 7.43. The normalized spacial score (nSPS) is 10.9. The highest BCUT2D eigenvalue weighted by Crippen LogP contribution is 2.32. The van der Waals surface area contributed by atoms with Crippen molar-refractivity contribution in [3.8, 4) is 17.2 Å². The van der Waals surface area contributed by atoms with E-state index in [4.69, 9.17) is 9.15 Å². The first-order chi connectivity index (χ1) is 14.0. The quantitative estimate of drug-likeness (QED) is 0.490. The van der Waals surface area contributed by atoms with Crippen LogP contribution < -0.4 is 10.1 Å². The lowest BCUT2D eigenvalue weighted by atomic mass is 10.1. The number of benzene rings is 3. The maximum absolute atomic E-state index is 12.7. The molecule has 29 heavy (non-hydrogen) atoms. The molecule has 4 aromatic rings. The Bertz CT molecular complexity index is 1220. The molecule has 146 valence electrons. The number of nitrogens with zero attached hydrogens (tertiary/aromatic N) is 1. The van der Waals surface area contributed by atoms with E-state index in [0.29, 0.717) is 22.9 Å². The summed E-state index contributed by atoms with van der Waals surface area (Å²) in [6.45, 7) is 6.01. The summed E-state index contributed by atoms with van der Waals surface area (Å²) in [7, 11) is 1.58. The topological polar surface area (TPSA) is 64.4 Å². The van der Waals surface area contributed by atoms with E-state index in [0.717, 1.165) is 33.4 Å². The van der Waals surface area contributed by atoms with Gasteiger partial charge >= 0.3 is 0 Å². The third-order valence-electron chi connectivity index (χ3n) is 4.96. The number of hydrogen-bond donors (Lipinski definition) is 1. The molecule has 0 spiro atoms. The van der Waals surface area contributed by atoms with Crippen LogP contribution in [0.25, 0.3) is 22.6 Å². The molecule has 5 nitrogen and oxygen atoms in total. The van der Waals surface area contributed by atoms with Crippen LogP contribution in [0.5, 0.6) is 5.75 Å². The minimum absolute atomic E-state index is 0.201. The Morgan fingerprint density at radius 3 is 2.62 bits per heavy atom. The maximum atomic E-state index is 12.7. The molecule has 0 atom stereocenters. The highest BCUT2D eigenvalue weighted by molar-refractivity contribution is 6.05. The molecule has 4 rings (SSSR count). The molecule has 0 saturated carbocycles. The standard InChI is InChI=1S/C24H22N2O3/c1-14-11-15(2)22-21(12-14)26-24(29-22)19-9-6-10-20(16(19)3)25-23(27)17-7-5-8-18(13-17)28-4/h5-13H,1-4H3,(H,25,27). The molecule has 0 aliphatic rings. The number of ether oxygens (including phenoxy) is 1. The van der Waals surface area contributed by atoms with Crippen LogP contribution in [0.1, 0.15) is 27.0 Å². The first-order valence-corrected chi connectivity index (χ1v) is 9.39. The van der Waals surface area contributed by atoms with E-state index < -0.39 is 0 Å². The first-order valence-electron chi connectivity index (χ1n) is 9.39. The molecular weight excluding hydrogens is 364 g/mol. The van der Waals surface area contributed by atoms with Crippen molar-refractivity contribution in [2.75, 3.05) is 12.4 Å². The smallest absolute Gasteiger partial charge is 0.255 e. The van der Waals surface area contributed by atoms with Crippen molar-refractivity contribution < 1.29 is 13.9 Å². The van der Waals surface area contributed by atoms with Crippen LogP contribution in [0.3, 0.4) is 0 Å². The van der Waals surface area contributed by atoms with E-state index in [1.807, 2.05) is 45.0 Å². The van der Waals surface area contributed by atoms with Crippen molar-refractivity contribution >= 4 is 22.7 Å². The zero-order valence-electron chi connectivity index (χ0n) is 16.9. The second-order valence-corrected chi connectivity index (χ2v) is 7.11. The van der Waals surface area contributed by atoms with Gasteiger partial charge in [0.05, 0.1) is 7.11 Å². The molecular formula is C24H22N2O3. The third-order valence-corrected chi connectivity index (χ3v) is 4.96. The molecule has 1 amide bonds. The number of nitrogens with one attached hydrogen (secondary N) is 1. The van der Waals surface area contributed by atoms with Gasteiger partial charge in [0.25, 0.3) is 5.91 Å². The Morgan fingerprint density at radius 2 is 1.83 bits per heavy atom. The largest absolute Gasteiger partial charge is 0.497 e. The molecule has 5 heteroatoms. The van der Waals surface area contributed by atoms with E-state index in [1.54, 1.807) is 31.4 Å². The van der Waals surface area contributed by atoms with Gasteiger partial charge in [-0.2, -0.15) is 0 Å². The number of aryl methyl sites for hydroxylation is 2. The van der Waals surface area contributed by atoms with E-state index in [-0.39, 0.29) is 5.91 Å². The molecule has 0 unspecified atom stereocenters. The van der Waals surface area contributed by atoms with Crippen LogP contribution >= 0.6 is 0 Å². The lowest BCUT2D eigenvalue weighted by Crippen LogP contribution is -2.13. The van der Waals surface area contributed by atoms with Crippen LogP contribution in [-0.2, 0) is 0 Å².